The summed E-state index contributed by atoms with van der Waals surface area (Å²) in [6.07, 6.45) is 3.89. The number of benzene rings is 2. The second-order valence-corrected chi connectivity index (χ2v) is 6.86. The molecule has 0 bridgehead atoms. The first-order valence-electron chi connectivity index (χ1n) is 8.95. The molecule has 26 heavy (non-hydrogen) atoms. The van der Waals surface area contributed by atoms with E-state index in [0.717, 1.165) is 24.8 Å². The van der Waals surface area contributed by atoms with E-state index in [0.29, 0.717) is 24.1 Å². The number of hydrogen-bond donors (Lipinski definition) is 1. The molecule has 0 unspecified atom stereocenters. The molecule has 132 valence electrons. The number of nitrogens with one attached hydrogen (secondary N) is 1. The van der Waals surface area contributed by atoms with Crippen molar-refractivity contribution in [3.8, 4) is 0 Å². The van der Waals surface area contributed by atoms with Gasteiger partial charge in [-0.05, 0) is 60.2 Å². The van der Waals surface area contributed by atoms with Crippen LogP contribution in [-0.2, 0) is 29.0 Å². The zero-order valence-electron chi connectivity index (χ0n) is 14.5. The highest BCUT2D eigenvalue weighted by Crippen LogP contribution is 2.23. The van der Waals surface area contributed by atoms with Crippen LogP contribution in [0.4, 0.5) is 5.69 Å². The van der Waals surface area contributed by atoms with Crippen molar-refractivity contribution in [2.45, 2.75) is 38.6 Å². The summed E-state index contributed by atoms with van der Waals surface area (Å²) >= 11 is 0. The van der Waals surface area contributed by atoms with Gasteiger partial charge in [0.15, 0.2) is 0 Å². The zero-order chi connectivity index (χ0) is 18.1. The van der Waals surface area contributed by atoms with Gasteiger partial charge in [0.1, 0.15) is 0 Å². The predicted octanol–water partition coefficient (Wildman–Crippen LogP) is 3.08. The predicted molar refractivity (Wildman–Crippen MR) is 97.7 cm³/mol. The van der Waals surface area contributed by atoms with Crippen molar-refractivity contribution < 1.29 is 14.4 Å². The Kier molecular flexibility index (Phi) is 4.29. The van der Waals surface area contributed by atoms with Gasteiger partial charge in [-0.2, -0.15) is 0 Å². The standard InChI is InChI=1S/C21H20N2O3/c24-19-10-11-20(25)23(19)13-14-4-8-18(9-5-14)22-21(26)17-7-6-15-2-1-3-16(15)12-17/h4-9,12H,1-3,10-11,13H2,(H,22,26). The second-order valence-electron chi connectivity index (χ2n) is 6.86. The lowest BCUT2D eigenvalue weighted by molar-refractivity contribution is -0.139. The van der Waals surface area contributed by atoms with Gasteiger partial charge in [0, 0.05) is 24.1 Å². The molecular formula is C21H20N2O3. The molecule has 4 rings (SSSR count). The van der Waals surface area contributed by atoms with Crippen molar-refractivity contribution in [1.29, 1.82) is 0 Å². The highest BCUT2D eigenvalue weighted by molar-refractivity contribution is 6.04. The SMILES string of the molecule is O=C(Nc1ccc(CN2C(=O)CCC2=O)cc1)c1ccc2c(c1)CCC2. The van der Waals surface area contributed by atoms with Crippen LogP contribution in [0.15, 0.2) is 42.5 Å². The highest BCUT2D eigenvalue weighted by Gasteiger charge is 2.28. The molecule has 1 saturated heterocycles. The smallest absolute Gasteiger partial charge is 0.255 e. The lowest BCUT2D eigenvalue weighted by Gasteiger charge is -2.14. The average molecular weight is 348 g/mol. The van der Waals surface area contributed by atoms with Crippen LogP contribution in [0.2, 0.25) is 0 Å². The lowest BCUT2D eigenvalue weighted by Crippen LogP contribution is -2.28. The number of carbonyl (C=O) groups is 3. The van der Waals surface area contributed by atoms with Gasteiger partial charge in [0.2, 0.25) is 11.8 Å². The summed E-state index contributed by atoms with van der Waals surface area (Å²) < 4.78 is 0. The fraction of sp³-hybridized carbons (Fsp3) is 0.286. The summed E-state index contributed by atoms with van der Waals surface area (Å²) in [6, 6.07) is 13.2. The van der Waals surface area contributed by atoms with Crippen molar-refractivity contribution in [2.75, 3.05) is 5.32 Å². The van der Waals surface area contributed by atoms with Crippen molar-refractivity contribution in [1.82, 2.24) is 4.90 Å². The molecule has 1 aliphatic carbocycles. The van der Waals surface area contributed by atoms with Gasteiger partial charge in [-0.25, -0.2) is 0 Å². The van der Waals surface area contributed by atoms with Gasteiger partial charge in [-0.3, -0.25) is 19.3 Å². The van der Waals surface area contributed by atoms with Crippen LogP contribution < -0.4 is 5.32 Å². The highest BCUT2D eigenvalue weighted by atomic mass is 16.2. The van der Waals surface area contributed by atoms with Crippen molar-refractivity contribution >= 4 is 23.4 Å². The Morgan fingerprint density at radius 3 is 2.31 bits per heavy atom. The van der Waals surface area contributed by atoms with Crippen LogP contribution in [0.25, 0.3) is 0 Å². The Morgan fingerprint density at radius 2 is 1.58 bits per heavy atom. The molecule has 2 aromatic rings. The molecule has 0 saturated carbocycles. The van der Waals surface area contributed by atoms with E-state index < -0.39 is 0 Å². The van der Waals surface area contributed by atoms with Crippen LogP contribution in [-0.4, -0.2) is 22.6 Å². The topological polar surface area (TPSA) is 66.5 Å². The van der Waals surface area contributed by atoms with Crippen molar-refractivity contribution in [2.24, 2.45) is 0 Å². The third-order valence-electron chi connectivity index (χ3n) is 5.07. The fourth-order valence-electron chi connectivity index (χ4n) is 3.59. The summed E-state index contributed by atoms with van der Waals surface area (Å²) in [5.74, 6) is -0.370. The van der Waals surface area contributed by atoms with E-state index in [9.17, 15) is 14.4 Å². The van der Waals surface area contributed by atoms with Crippen molar-refractivity contribution in [3.63, 3.8) is 0 Å². The number of carbonyl (C=O) groups excluding carboxylic acids is 3. The van der Waals surface area contributed by atoms with E-state index in [2.05, 4.69) is 5.32 Å². The first kappa shape index (κ1) is 16.5. The monoisotopic (exact) mass is 348 g/mol. The first-order chi connectivity index (χ1) is 12.6. The van der Waals surface area contributed by atoms with Crippen LogP contribution in [0.1, 0.15) is 46.3 Å². The van der Waals surface area contributed by atoms with Crippen molar-refractivity contribution in [3.05, 3.63) is 64.7 Å². The zero-order valence-corrected chi connectivity index (χ0v) is 14.5. The molecule has 0 radical (unpaired) electrons. The quantitative estimate of drug-likeness (QED) is 0.864. The largest absolute Gasteiger partial charge is 0.322 e. The van der Waals surface area contributed by atoms with E-state index >= 15 is 0 Å². The number of imide groups is 1. The first-order valence-corrected chi connectivity index (χ1v) is 8.95. The van der Waals surface area contributed by atoms with Crippen LogP contribution >= 0.6 is 0 Å². The maximum absolute atomic E-state index is 12.5. The maximum atomic E-state index is 12.5. The molecule has 1 fully saturated rings. The Morgan fingerprint density at radius 1 is 0.885 bits per heavy atom. The lowest BCUT2D eigenvalue weighted by atomic mass is 10.1. The number of likely N-dealkylation sites (tertiary alicyclic amines) is 1. The van der Waals surface area contributed by atoms with E-state index in [1.807, 2.05) is 30.3 Å². The fourth-order valence-corrected chi connectivity index (χ4v) is 3.59. The van der Waals surface area contributed by atoms with E-state index in [-0.39, 0.29) is 24.3 Å². The molecule has 1 N–H and O–H groups in total. The second kappa shape index (κ2) is 6.75. The minimum Gasteiger partial charge on any atom is -0.322 e. The number of rotatable bonds is 4. The number of aryl methyl sites for hydroxylation is 2. The van der Waals surface area contributed by atoms with Gasteiger partial charge in [0.25, 0.3) is 5.91 Å². The molecule has 1 heterocycles. The molecule has 2 aliphatic rings. The summed E-state index contributed by atoms with van der Waals surface area (Å²) in [5.41, 5.74) is 4.84. The average Bonchev–Trinajstić information content (AvgIpc) is 3.24. The Balaban J connectivity index is 1.41. The Hall–Kier alpha value is -2.95. The number of hydrogen-bond acceptors (Lipinski definition) is 3. The molecule has 3 amide bonds. The van der Waals surface area contributed by atoms with Gasteiger partial charge in [0.05, 0.1) is 6.54 Å². The van der Waals surface area contributed by atoms with Gasteiger partial charge < -0.3 is 5.32 Å². The summed E-state index contributed by atoms with van der Waals surface area (Å²) in [6.45, 7) is 0.288. The minimum absolute atomic E-state index is 0.121. The summed E-state index contributed by atoms with van der Waals surface area (Å²) in [7, 11) is 0. The third-order valence-corrected chi connectivity index (χ3v) is 5.07. The molecule has 0 atom stereocenters. The molecule has 0 aromatic heterocycles. The maximum Gasteiger partial charge on any atom is 0.255 e. The van der Waals surface area contributed by atoms with Gasteiger partial charge in [-0.15, -0.1) is 0 Å². The van der Waals surface area contributed by atoms with Crippen LogP contribution in [0.3, 0.4) is 0 Å². The Labute approximate surface area is 152 Å². The Bertz CT molecular complexity index is 871. The van der Waals surface area contributed by atoms with E-state index in [4.69, 9.17) is 0 Å². The molecule has 0 spiro atoms. The number of amides is 3. The molecule has 2 aromatic carbocycles. The van der Waals surface area contributed by atoms with Gasteiger partial charge in [-0.1, -0.05) is 18.2 Å². The van der Waals surface area contributed by atoms with E-state index in [1.165, 1.54) is 16.0 Å². The molecule has 5 nitrogen and oxygen atoms in total. The summed E-state index contributed by atoms with van der Waals surface area (Å²) in [4.78, 5) is 37.1. The number of fused-ring (bicyclic) bond motifs is 1. The molecule has 1 aliphatic heterocycles. The van der Waals surface area contributed by atoms with Gasteiger partial charge >= 0.3 is 0 Å². The molecule has 5 heteroatoms. The molecular weight excluding hydrogens is 328 g/mol. The summed E-state index contributed by atoms with van der Waals surface area (Å²) in [5, 5.41) is 2.90. The normalized spacial score (nSPS) is 16.1. The third kappa shape index (κ3) is 3.25. The minimum atomic E-state index is -0.127. The van der Waals surface area contributed by atoms with Crippen LogP contribution in [0.5, 0.6) is 0 Å². The number of nitrogens with zero attached hydrogens (tertiary/aromatic N) is 1. The van der Waals surface area contributed by atoms with E-state index in [1.54, 1.807) is 12.1 Å². The number of anilines is 1. The van der Waals surface area contributed by atoms with Crippen LogP contribution in [0, 0.1) is 0 Å².